The lowest BCUT2D eigenvalue weighted by Crippen LogP contribution is -2.28. The molecule has 0 aliphatic rings. The molecule has 0 amide bonds. The highest BCUT2D eigenvalue weighted by Crippen LogP contribution is 2.42. The van der Waals surface area contributed by atoms with Crippen molar-refractivity contribution in [2.75, 3.05) is 27.9 Å². The van der Waals surface area contributed by atoms with Gasteiger partial charge in [-0.1, -0.05) is 123 Å². The van der Waals surface area contributed by atoms with Gasteiger partial charge in [0.05, 0.1) is 25.0 Å². The maximum Gasteiger partial charge on any atom is 0.311 e. The minimum atomic E-state index is -0.602. The molecule has 2 aromatic carbocycles. The van der Waals surface area contributed by atoms with E-state index in [2.05, 4.69) is 62.4 Å². The fraction of sp³-hybridized carbons (Fsp3) is 0.628. The SMILES string of the molecule is C.C.C.C.C.C.COCCCC(=C(C)CC(CC(C)(C)C(=O)OC)c1ccccc1)C(C)CC(CC(C)(C)C(=O)OC)c1ccccc1. The molecule has 0 saturated carbocycles. The second kappa shape index (κ2) is 26.0. The van der Waals surface area contributed by atoms with Crippen molar-refractivity contribution in [3.8, 4) is 0 Å². The Labute approximate surface area is 299 Å². The molecule has 0 heterocycles. The third-order valence-electron chi connectivity index (χ3n) is 8.66. The molecular formula is C43H78O5. The van der Waals surface area contributed by atoms with Crippen molar-refractivity contribution in [1.29, 1.82) is 0 Å². The lowest BCUT2D eigenvalue weighted by molar-refractivity contribution is -0.152. The first-order valence-electron chi connectivity index (χ1n) is 15.3. The zero-order valence-electron chi connectivity index (χ0n) is 27.5. The van der Waals surface area contributed by atoms with Crippen LogP contribution in [0.2, 0.25) is 0 Å². The summed E-state index contributed by atoms with van der Waals surface area (Å²) in [6, 6.07) is 21.0. The van der Waals surface area contributed by atoms with Crippen LogP contribution in [0.5, 0.6) is 0 Å². The molecule has 0 saturated heterocycles. The summed E-state index contributed by atoms with van der Waals surface area (Å²) >= 11 is 0. The Balaban J connectivity index is -0.00000103. The van der Waals surface area contributed by atoms with Crippen LogP contribution in [0.3, 0.4) is 0 Å². The normalized spacial score (nSPS) is 13.0. The summed E-state index contributed by atoms with van der Waals surface area (Å²) < 4.78 is 15.8. The minimum Gasteiger partial charge on any atom is -0.469 e. The summed E-state index contributed by atoms with van der Waals surface area (Å²) in [4.78, 5) is 25.3. The monoisotopic (exact) mass is 675 g/mol. The molecule has 0 fully saturated rings. The Morgan fingerprint density at radius 3 is 1.46 bits per heavy atom. The van der Waals surface area contributed by atoms with E-state index in [1.165, 1.54) is 36.5 Å². The lowest BCUT2D eigenvalue weighted by Gasteiger charge is -2.32. The van der Waals surface area contributed by atoms with Gasteiger partial charge in [0.15, 0.2) is 0 Å². The van der Waals surface area contributed by atoms with E-state index in [1.807, 2.05) is 39.8 Å². The van der Waals surface area contributed by atoms with Gasteiger partial charge in [-0.05, 0) is 102 Å². The number of ether oxygens (including phenoxy) is 3. The van der Waals surface area contributed by atoms with E-state index in [0.717, 1.165) is 25.7 Å². The molecular weight excluding hydrogens is 596 g/mol. The standard InChI is InChI=1S/C37H54O5.6CH4/c1-27(23-31(29-17-12-10-13-18-29)25-36(3,4)34(38)41-8)33(21-16-22-40-7)28(2)24-32(30-19-14-11-15-20-30)26-37(5,6)35(39)42-9;;;;;;/h10-15,17-20,27,31-32H,16,21-26H2,1-9H3;6*1H4. The maximum absolute atomic E-state index is 12.7. The largest absolute Gasteiger partial charge is 0.469 e. The van der Waals surface area contributed by atoms with Gasteiger partial charge in [-0.3, -0.25) is 9.59 Å². The minimum absolute atomic E-state index is 0. The Morgan fingerprint density at radius 2 is 1.06 bits per heavy atom. The quantitative estimate of drug-likeness (QED) is 0.0949. The number of hydrogen-bond donors (Lipinski definition) is 0. The van der Waals surface area contributed by atoms with Crippen molar-refractivity contribution in [2.24, 2.45) is 16.7 Å². The first-order chi connectivity index (χ1) is 19.9. The van der Waals surface area contributed by atoms with Gasteiger partial charge in [0.2, 0.25) is 0 Å². The van der Waals surface area contributed by atoms with Crippen molar-refractivity contribution >= 4 is 11.9 Å². The van der Waals surface area contributed by atoms with Crippen LogP contribution >= 0.6 is 0 Å². The van der Waals surface area contributed by atoms with Crippen LogP contribution in [0.4, 0.5) is 0 Å². The third-order valence-corrected chi connectivity index (χ3v) is 8.66. The summed E-state index contributed by atoms with van der Waals surface area (Å²) in [5, 5.41) is 0. The van der Waals surface area contributed by atoms with E-state index in [-0.39, 0.29) is 68.3 Å². The molecule has 0 radical (unpaired) electrons. The van der Waals surface area contributed by atoms with E-state index in [4.69, 9.17) is 14.2 Å². The highest BCUT2D eigenvalue weighted by atomic mass is 16.5. The Kier molecular flexibility index (Phi) is 29.5. The van der Waals surface area contributed by atoms with Gasteiger partial charge in [0.1, 0.15) is 0 Å². The molecule has 280 valence electrons. The summed E-state index contributed by atoms with van der Waals surface area (Å²) in [5.41, 5.74) is 4.10. The molecule has 5 nitrogen and oxygen atoms in total. The number of esters is 2. The number of carbonyl (C=O) groups excluding carboxylic acids is 2. The predicted octanol–water partition coefficient (Wildman–Crippen LogP) is 12.7. The van der Waals surface area contributed by atoms with E-state index >= 15 is 0 Å². The molecule has 0 bridgehead atoms. The molecule has 3 unspecified atom stereocenters. The van der Waals surface area contributed by atoms with Gasteiger partial charge in [-0.15, -0.1) is 0 Å². The fourth-order valence-corrected chi connectivity index (χ4v) is 6.40. The first-order valence-corrected chi connectivity index (χ1v) is 15.3. The molecule has 2 rings (SSSR count). The van der Waals surface area contributed by atoms with Crippen molar-refractivity contribution in [2.45, 2.75) is 136 Å². The zero-order chi connectivity index (χ0) is 31.3. The second-order valence-electron chi connectivity index (χ2n) is 13.1. The van der Waals surface area contributed by atoms with Gasteiger partial charge < -0.3 is 14.2 Å². The van der Waals surface area contributed by atoms with Gasteiger partial charge >= 0.3 is 11.9 Å². The molecule has 0 aliphatic heterocycles. The number of carbonyl (C=O) groups is 2. The van der Waals surface area contributed by atoms with Crippen LogP contribution in [0, 0.1) is 16.7 Å². The smallest absolute Gasteiger partial charge is 0.311 e. The fourth-order valence-electron chi connectivity index (χ4n) is 6.40. The van der Waals surface area contributed by atoms with Crippen LogP contribution in [0.1, 0.15) is 148 Å². The summed E-state index contributed by atoms with van der Waals surface area (Å²) in [6.07, 6.45) is 5.08. The number of rotatable bonds is 17. The molecule has 48 heavy (non-hydrogen) atoms. The van der Waals surface area contributed by atoms with Gasteiger partial charge in [-0.2, -0.15) is 0 Å². The molecule has 5 heteroatoms. The van der Waals surface area contributed by atoms with E-state index < -0.39 is 10.8 Å². The van der Waals surface area contributed by atoms with Crippen LogP contribution in [0.15, 0.2) is 71.8 Å². The third kappa shape index (κ3) is 16.5. The van der Waals surface area contributed by atoms with Crippen LogP contribution in [0.25, 0.3) is 0 Å². The second-order valence-corrected chi connectivity index (χ2v) is 13.1. The van der Waals surface area contributed by atoms with Gasteiger partial charge in [-0.25, -0.2) is 0 Å². The summed E-state index contributed by atoms with van der Waals surface area (Å²) in [7, 11) is 4.68. The van der Waals surface area contributed by atoms with E-state index in [0.29, 0.717) is 25.4 Å². The van der Waals surface area contributed by atoms with E-state index in [9.17, 15) is 9.59 Å². The predicted molar refractivity (Wildman–Crippen MR) is 212 cm³/mol. The maximum atomic E-state index is 12.7. The zero-order valence-corrected chi connectivity index (χ0v) is 27.5. The van der Waals surface area contributed by atoms with Gasteiger partial charge in [0, 0.05) is 13.7 Å². The molecule has 2 aromatic rings. The Morgan fingerprint density at radius 1 is 0.667 bits per heavy atom. The van der Waals surface area contributed by atoms with Crippen molar-refractivity contribution in [3.05, 3.63) is 82.9 Å². The Bertz CT molecular complexity index is 1130. The van der Waals surface area contributed by atoms with E-state index in [1.54, 1.807) is 7.11 Å². The molecule has 0 aliphatic carbocycles. The molecule has 0 aromatic heterocycles. The highest BCUT2D eigenvalue weighted by Gasteiger charge is 2.35. The van der Waals surface area contributed by atoms with Crippen molar-refractivity contribution < 1.29 is 23.8 Å². The molecule has 3 atom stereocenters. The topological polar surface area (TPSA) is 61.8 Å². The van der Waals surface area contributed by atoms with Crippen LogP contribution in [-0.2, 0) is 23.8 Å². The summed E-state index contributed by atoms with van der Waals surface area (Å²) in [5.74, 6) is 0.307. The highest BCUT2D eigenvalue weighted by molar-refractivity contribution is 5.76. The number of allylic oxidation sites excluding steroid dienone is 2. The first kappa shape index (κ1) is 54.5. The summed E-state index contributed by atoms with van der Waals surface area (Å²) in [6.45, 7) is 13.2. The average molecular weight is 675 g/mol. The number of methoxy groups -OCH3 is 3. The Hall–Kier alpha value is -2.92. The molecule has 0 spiro atoms. The number of hydrogen-bond acceptors (Lipinski definition) is 5. The van der Waals surface area contributed by atoms with Crippen molar-refractivity contribution in [1.82, 2.24) is 0 Å². The van der Waals surface area contributed by atoms with Crippen LogP contribution in [-0.4, -0.2) is 39.9 Å². The average Bonchev–Trinajstić information content (AvgIpc) is 2.98. The number of benzene rings is 2. The van der Waals surface area contributed by atoms with Crippen molar-refractivity contribution in [3.63, 3.8) is 0 Å². The lowest BCUT2D eigenvalue weighted by atomic mass is 9.73. The van der Waals surface area contributed by atoms with Crippen LogP contribution < -0.4 is 0 Å². The van der Waals surface area contributed by atoms with Gasteiger partial charge in [0.25, 0.3) is 0 Å². The molecule has 0 N–H and O–H groups in total.